The molecule has 3 nitrogen and oxygen atoms in total. The lowest BCUT2D eigenvalue weighted by atomic mass is 10.0. The van der Waals surface area contributed by atoms with E-state index in [0.29, 0.717) is 5.56 Å². The summed E-state index contributed by atoms with van der Waals surface area (Å²) < 4.78 is 18.4. The summed E-state index contributed by atoms with van der Waals surface area (Å²) in [6, 6.07) is 2.56. The second kappa shape index (κ2) is 4.59. The lowest BCUT2D eigenvalue weighted by Crippen LogP contribution is -2.25. The molecule has 84 valence electrons. The van der Waals surface area contributed by atoms with Crippen LogP contribution in [-0.2, 0) is 0 Å². The van der Waals surface area contributed by atoms with E-state index in [0.717, 1.165) is 5.56 Å². The normalized spacial score (nSPS) is 14.8. The van der Waals surface area contributed by atoms with Crippen molar-refractivity contribution in [3.8, 4) is 5.75 Å². The molecule has 0 aliphatic heterocycles. The van der Waals surface area contributed by atoms with E-state index in [9.17, 15) is 9.50 Å². The maximum Gasteiger partial charge on any atom is 0.165 e. The highest BCUT2D eigenvalue weighted by molar-refractivity contribution is 5.40. The summed E-state index contributed by atoms with van der Waals surface area (Å²) in [5, 5.41) is 9.79. The van der Waals surface area contributed by atoms with Gasteiger partial charge in [0.25, 0.3) is 0 Å². The molecule has 0 aliphatic carbocycles. The quantitative estimate of drug-likeness (QED) is 0.800. The number of hydrogen-bond donors (Lipinski definition) is 2. The van der Waals surface area contributed by atoms with Crippen LogP contribution in [0.15, 0.2) is 12.1 Å². The fraction of sp³-hybridized carbons (Fsp3) is 0.455. The van der Waals surface area contributed by atoms with Crippen molar-refractivity contribution in [3.63, 3.8) is 0 Å². The Hall–Kier alpha value is -1.13. The Balaban J connectivity index is 3.26. The van der Waals surface area contributed by atoms with Gasteiger partial charge in [0.1, 0.15) is 0 Å². The van der Waals surface area contributed by atoms with Crippen LogP contribution in [0, 0.1) is 12.7 Å². The molecule has 2 atom stereocenters. The monoisotopic (exact) mass is 213 g/mol. The van der Waals surface area contributed by atoms with Crippen LogP contribution < -0.4 is 10.5 Å². The number of rotatable bonds is 3. The standard InChI is InChI=1S/C11H16FNO2/c1-6-4-8(10(14)7(2)13)11(15-3)9(12)5-6/h4-5,7,10,14H,13H2,1-3H3. The zero-order valence-corrected chi connectivity index (χ0v) is 9.12. The van der Waals surface area contributed by atoms with Crippen LogP contribution >= 0.6 is 0 Å². The van der Waals surface area contributed by atoms with Gasteiger partial charge in [0.2, 0.25) is 0 Å². The number of hydrogen-bond acceptors (Lipinski definition) is 3. The van der Waals surface area contributed by atoms with Crippen LogP contribution in [0.4, 0.5) is 4.39 Å². The van der Waals surface area contributed by atoms with Crippen molar-refractivity contribution in [2.24, 2.45) is 5.73 Å². The van der Waals surface area contributed by atoms with Crippen LogP contribution in [0.2, 0.25) is 0 Å². The Morgan fingerprint density at radius 1 is 1.47 bits per heavy atom. The van der Waals surface area contributed by atoms with Crippen molar-refractivity contribution in [2.45, 2.75) is 26.0 Å². The maximum atomic E-state index is 13.5. The molecular formula is C11H16FNO2. The highest BCUT2D eigenvalue weighted by Gasteiger charge is 2.20. The zero-order valence-electron chi connectivity index (χ0n) is 9.12. The fourth-order valence-corrected chi connectivity index (χ4v) is 1.47. The highest BCUT2D eigenvalue weighted by Crippen LogP contribution is 2.30. The number of aliphatic hydroxyl groups is 1. The van der Waals surface area contributed by atoms with Crippen LogP contribution in [0.5, 0.6) is 5.75 Å². The molecule has 0 saturated carbocycles. The SMILES string of the molecule is COc1c(F)cc(C)cc1C(O)C(C)N. The second-order valence-electron chi connectivity index (χ2n) is 3.67. The number of halogens is 1. The molecule has 1 rings (SSSR count). The van der Waals surface area contributed by atoms with Gasteiger partial charge in [0, 0.05) is 11.6 Å². The Kier molecular flexibility index (Phi) is 3.66. The average Bonchev–Trinajstić information content (AvgIpc) is 2.15. The van der Waals surface area contributed by atoms with Gasteiger partial charge in [-0.05, 0) is 31.5 Å². The van der Waals surface area contributed by atoms with Crippen LogP contribution in [0.25, 0.3) is 0 Å². The molecule has 2 unspecified atom stereocenters. The molecule has 0 aliphatic rings. The fourth-order valence-electron chi connectivity index (χ4n) is 1.47. The van der Waals surface area contributed by atoms with Gasteiger partial charge in [-0.25, -0.2) is 4.39 Å². The third-order valence-electron chi connectivity index (χ3n) is 2.24. The first-order valence-corrected chi connectivity index (χ1v) is 4.75. The number of ether oxygens (including phenoxy) is 1. The van der Waals surface area contributed by atoms with Crippen molar-refractivity contribution < 1.29 is 14.2 Å². The Bertz CT molecular complexity index is 353. The van der Waals surface area contributed by atoms with E-state index in [-0.39, 0.29) is 5.75 Å². The van der Waals surface area contributed by atoms with E-state index in [2.05, 4.69) is 0 Å². The molecule has 0 bridgehead atoms. The van der Waals surface area contributed by atoms with E-state index in [1.165, 1.54) is 13.2 Å². The van der Waals surface area contributed by atoms with Gasteiger partial charge in [-0.2, -0.15) is 0 Å². The number of aliphatic hydroxyl groups excluding tert-OH is 1. The molecule has 0 aromatic heterocycles. The summed E-state index contributed by atoms with van der Waals surface area (Å²) in [7, 11) is 1.37. The average molecular weight is 213 g/mol. The summed E-state index contributed by atoms with van der Waals surface area (Å²) in [5.74, 6) is -0.419. The van der Waals surface area contributed by atoms with Crippen LogP contribution in [0.3, 0.4) is 0 Å². The molecule has 1 aromatic carbocycles. The molecule has 0 heterocycles. The minimum atomic E-state index is -0.922. The second-order valence-corrected chi connectivity index (χ2v) is 3.67. The van der Waals surface area contributed by atoms with E-state index >= 15 is 0 Å². The summed E-state index contributed by atoms with van der Waals surface area (Å²) >= 11 is 0. The lowest BCUT2D eigenvalue weighted by Gasteiger charge is -2.18. The molecule has 3 N–H and O–H groups in total. The van der Waals surface area contributed by atoms with E-state index in [1.54, 1.807) is 19.9 Å². The van der Waals surface area contributed by atoms with Crippen molar-refractivity contribution >= 4 is 0 Å². The molecule has 0 spiro atoms. The van der Waals surface area contributed by atoms with Crippen molar-refractivity contribution in [1.29, 1.82) is 0 Å². The largest absolute Gasteiger partial charge is 0.493 e. The molecular weight excluding hydrogens is 197 g/mol. The van der Waals surface area contributed by atoms with Crippen LogP contribution in [-0.4, -0.2) is 18.3 Å². The Morgan fingerprint density at radius 2 is 2.07 bits per heavy atom. The first-order chi connectivity index (χ1) is 6.97. The van der Waals surface area contributed by atoms with Gasteiger partial charge >= 0.3 is 0 Å². The summed E-state index contributed by atoms with van der Waals surface area (Å²) in [6.45, 7) is 3.41. The molecule has 4 heteroatoms. The van der Waals surface area contributed by atoms with Gasteiger partial charge < -0.3 is 15.6 Å². The smallest absolute Gasteiger partial charge is 0.165 e. The highest BCUT2D eigenvalue weighted by atomic mass is 19.1. The minimum Gasteiger partial charge on any atom is -0.493 e. The zero-order chi connectivity index (χ0) is 11.6. The molecule has 0 saturated heterocycles. The summed E-state index contributed by atoms with van der Waals surface area (Å²) in [4.78, 5) is 0. The predicted molar refractivity (Wildman–Crippen MR) is 56.3 cm³/mol. The lowest BCUT2D eigenvalue weighted by molar-refractivity contribution is 0.148. The number of methoxy groups -OCH3 is 1. The van der Waals surface area contributed by atoms with E-state index in [4.69, 9.17) is 10.5 Å². The number of nitrogens with two attached hydrogens (primary N) is 1. The van der Waals surface area contributed by atoms with Gasteiger partial charge in [-0.15, -0.1) is 0 Å². The molecule has 15 heavy (non-hydrogen) atoms. The van der Waals surface area contributed by atoms with E-state index < -0.39 is 18.0 Å². The molecule has 0 radical (unpaired) electrons. The number of benzene rings is 1. The van der Waals surface area contributed by atoms with Crippen molar-refractivity contribution in [1.82, 2.24) is 0 Å². The molecule has 1 aromatic rings. The first kappa shape index (κ1) is 11.9. The maximum absolute atomic E-state index is 13.5. The third kappa shape index (κ3) is 2.46. The predicted octanol–water partition coefficient (Wildman–Crippen LogP) is 1.52. The van der Waals surface area contributed by atoms with Gasteiger partial charge in [0.05, 0.1) is 13.2 Å². The number of aryl methyl sites for hydroxylation is 1. The van der Waals surface area contributed by atoms with Crippen molar-refractivity contribution in [3.05, 3.63) is 29.1 Å². The van der Waals surface area contributed by atoms with Gasteiger partial charge in [-0.1, -0.05) is 0 Å². The summed E-state index contributed by atoms with van der Waals surface area (Å²) in [5.41, 5.74) is 6.68. The minimum absolute atomic E-state index is 0.0606. The topological polar surface area (TPSA) is 55.5 Å². The molecule has 0 fully saturated rings. The Morgan fingerprint density at radius 3 is 2.53 bits per heavy atom. The van der Waals surface area contributed by atoms with E-state index in [1.807, 2.05) is 0 Å². The molecule has 0 amide bonds. The van der Waals surface area contributed by atoms with Gasteiger partial charge in [0.15, 0.2) is 11.6 Å². The summed E-state index contributed by atoms with van der Waals surface area (Å²) in [6.07, 6.45) is -0.922. The first-order valence-electron chi connectivity index (χ1n) is 4.75. The Labute approximate surface area is 88.7 Å². The third-order valence-corrected chi connectivity index (χ3v) is 2.24. The van der Waals surface area contributed by atoms with Crippen molar-refractivity contribution in [2.75, 3.05) is 7.11 Å². The van der Waals surface area contributed by atoms with Gasteiger partial charge in [-0.3, -0.25) is 0 Å². The van der Waals surface area contributed by atoms with Crippen LogP contribution in [0.1, 0.15) is 24.2 Å².